The fourth-order valence-electron chi connectivity index (χ4n) is 6.62. The summed E-state index contributed by atoms with van der Waals surface area (Å²) in [6, 6.07) is 11.5. The lowest BCUT2D eigenvalue weighted by Crippen LogP contribution is -2.23. The maximum atomic E-state index is 11.4. The van der Waals surface area contributed by atoms with Gasteiger partial charge in [0, 0.05) is 23.9 Å². The number of aromatic nitrogens is 1. The number of nitrogens with two attached hydrogens (primary N) is 1. The van der Waals surface area contributed by atoms with E-state index in [2.05, 4.69) is 16.4 Å². The molecule has 5 atom stereocenters. The van der Waals surface area contributed by atoms with Gasteiger partial charge in [0.25, 0.3) is 0 Å². The number of pyridine rings is 1. The van der Waals surface area contributed by atoms with Crippen LogP contribution in [0.5, 0.6) is 0 Å². The van der Waals surface area contributed by atoms with Crippen molar-refractivity contribution >= 4 is 5.91 Å². The second-order valence-corrected chi connectivity index (χ2v) is 9.90. The Morgan fingerprint density at radius 2 is 1.97 bits per heavy atom. The second-order valence-electron chi connectivity index (χ2n) is 9.90. The van der Waals surface area contributed by atoms with E-state index >= 15 is 0 Å². The second kappa shape index (κ2) is 8.50. The molecule has 4 nitrogen and oxygen atoms in total. The number of nitrogens with one attached hydrogen (secondary N) is 1. The van der Waals surface area contributed by atoms with Gasteiger partial charge in [0.2, 0.25) is 5.91 Å². The molecule has 158 valence electrons. The van der Waals surface area contributed by atoms with Gasteiger partial charge in [-0.2, -0.15) is 0 Å². The minimum absolute atomic E-state index is 0.410. The molecule has 4 heteroatoms. The third-order valence-electron chi connectivity index (χ3n) is 7.99. The Hall–Kier alpha value is -2.20. The molecule has 3 saturated carbocycles. The summed E-state index contributed by atoms with van der Waals surface area (Å²) in [5, 5.41) is 3.65. The highest BCUT2D eigenvalue weighted by atomic mass is 16.1. The van der Waals surface area contributed by atoms with E-state index in [-0.39, 0.29) is 0 Å². The monoisotopic (exact) mass is 403 g/mol. The van der Waals surface area contributed by atoms with E-state index in [1.165, 1.54) is 50.5 Å². The summed E-state index contributed by atoms with van der Waals surface area (Å²) in [4.78, 5) is 16.0. The predicted molar refractivity (Wildman–Crippen MR) is 120 cm³/mol. The summed E-state index contributed by atoms with van der Waals surface area (Å²) in [5.74, 6) is 4.70. The molecule has 1 amide bonds. The normalized spacial score (nSPS) is 29.7. The third-order valence-corrected chi connectivity index (χ3v) is 7.99. The summed E-state index contributed by atoms with van der Waals surface area (Å²) in [6.45, 7) is 1.96. The zero-order chi connectivity index (χ0) is 20.5. The van der Waals surface area contributed by atoms with Crippen molar-refractivity contribution in [2.45, 2.75) is 51.5 Å². The summed E-state index contributed by atoms with van der Waals surface area (Å²) >= 11 is 0. The summed E-state index contributed by atoms with van der Waals surface area (Å²) in [6.07, 6.45) is 12.3. The van der Waals surface area contributed by atoms with Gasteiger partial charge in [-0.1, -0.05) is 24.6 Å². The first-order valence-electron chi connectivity index (χ1n) is 11.7. The molecule has 0 spiro atoms. The Morgan fingerprint density at radius 1 is 1.07 bits per heavy atom. The lowest BCUT2D eigenvalue weighted by Gasteiger charge is -2.26. The van der Waals surface area contributed by atoms with Crippen molar-refractivity contribution in [3.63, 3.8) is 0 Å². The molecular weight excluding hydrogens is 370 g/mol. The smallest absolute Gasteiger partial charge is 0.248 e. The molecule has 3 bridgehead atoms. The number of rotatable bonds is 7. The zero-order valence-electron chi connectivity index (χ0n) is 17.7. The molecule has 1 aromatic carbocycles. The number of carbonyl (C=O) groups excluding carboxylic acids is 1. The number of primary amides is 1. The number of fused-ring (bicyclic) bond motifs is 2. The number of nitrogens with zero attached hydrogens (tertiary/aromatic N) is 1. The van der Waals surface area contributed by atoms with Crippen LogP contribution < -0.4 is 11.1 Å². The lowest BCUT2D eigenvalue weighted by atomic mass is 9.80. The Labute approximate surface area is 179 Å². The molecule has 0 saturated heterocycles. The van der Waals surface area contributed by atoms with Crippen LogP contribution in [0.2, 0.25) is 0 Å². The average molecular weight is 404 g/mol. The highest BCUT2D eigenvalue weighted by molar-refractivity contribution is 5.93. The molecule has 0 radical (unpaired) electrons. The first-order chi connectivity index (χ1) is 14.7. The quantitative estimate of drug-likeness (QED) is 0.653. The number of carbonyl (C=O) groups is 1. The average Bonchev–Trinajstić information content (AvgIpc) is 3.00. The van der Waals surface area contributed by atoms with Crippen LogP contribution in [0.25, 0.3) is 11.3 Å². The van der Waals surface area contributed by atoms with Crippen LogP contribution in [0, 0.1) is 29.6 Å². The Kier molecular flexibility index (Phi) is 5.60. The van der Waals surface area contributed by atoms with Crippen molar-refractivity contribution in [3.8, 4) is 11.3 Å². The van der Waals surface area contributed by atoms with Crippen LogP contribution in [0.4, 0.5) is 0 Å². The first-order valence-corrected chi connectivity index (χ1v) is 11.7. The molecule has 0 aliphatic heterocycles. The van der Waals surface area contributed by atoms with Gasteiger partial charge < -0.3 is 11.1 Å². The minimum Gasteiger partial charge on any atom is -0.366 e. The first kappa shape index (κ1) is 19.7. The summed E-state index contributed by atoms with van der Waals surface area (Å²) in [7, 11) is 0. The topological polar surface area (TPSA) is 68.0 Å². The van der Waals surface area contributed by atoms with E-state index < -0.39 is 5.91 Å². The van der Waals surface area contributed by atoms with Crippen molar-refractivity contribution in [1.82, 2.24) is 10.3 Å². The van der Waals surface area contributed by atoms with Crippen LogP contribution in [-0.2, 0) is 6.54 Å². The van der Waals surface area contributed by atoms with E-state index in [4.69, 9.17) is 5.73 Å². The van der Waals surface area contributed by atoms with Gasteiger partial charge in [0.15, 0.2) is 0 Å². The van der Waals surface area contributed by atoms with E-state index in [9.17, 15) is 4.79 Å². The standard InChI is InChI=1S/C26H33N3O/c27-26(30)22-3-1-2-21(14-22)25-7-5-18(16-29-25)15-28-9-8-20-6-4-17-10-19-12-23(11-17)24(20)13-19/h1-3,5,7,14,16-17,19-20,23-24,28H,4,6,8-13,15H2,(H2,27,30). The van der Waals surface area contributed by atoms with E-state index in [0.29, 0.717) is 5.56 Å². The number of hydrogen-bond donors (Lipinski definition) is 2. The van der Waals surface area contributed by atoms with Crippen molar-refractivity contribution in [3.05, 3.63) is 53.7 Å². The number of amides is 1. The number of benzene rings is 1. The van der Waals surface area contributed by atoms with E-state index in [1.54, 1.807) is 12.1 Å². The maximum absolute atomic E-state index is 11.4. The van der Waals surface area contributed by atoms with Crippen molar-refractivity contribution in [2.24, 2.45) is 35.3 Å². The van der Waals surface area contributed by atoms with Crippen LogP contribution in [0.15, 0.2) is 42.6 Å². The molecular formula is C26H33N3O. The van der Waals surface area contributed by atoms with Gasteiger partial charge >= 0.3 is 0 Å². The van der Waals surface area contributed by atoms with Crippen LogP contribution in [0.3, 0.4) is 0 Å². The zero-order valence-corrected chi connectivity index (χ0v) is 17.7. The third kappa shape index (κ3) is 4.15. The van der Waals surface area contributed by atoms with E-state index in [1.807, 2.05) is 24.4 Å². The molecule has 1 aromatic heterocycles. The highest BCUT2D eigenvalue weighted by Crippen LogP contribution is 2.55. The van der Waals surface area contributed by atoms with Crippen molar-refractivity contribution in [2.75, 3.05) is 6.54 Å². The van der Waals surface area contributed by atoms with Crippen LogP contribution in [0.1, 0.15) is 60.9 Å². The predicted octanol–water partition coefficient (Wildman–Crippen LogP) is 4.79. The van der Waals surface area contributed by atoms with Crippen molar-refractivity contribution < 1.29 is 4.79 Å². The fourth-order valence-corrected chi connectivity index (χ4v) is 6.62. The Bertz CT molecular complexity index is 893. The Morgan fingerprint density at radius 3 is 2.80 bits per heavy atom. The van der Waals surface area contributed by atoms with Crippen LogP contribution in [-0.4, -0.2) is 17.4 Å². The molecule has 3 aliphatic carbocycles. The minimum atomic E-state index is -0.410. The maximum Gasteiger partial charge on any atom is 0.248 e. The molecule has 3 fully saturated rings. The highest BCUT2D eigenvalue weighted by Gasteiger charge is 2.45. The number of hydrogen-bond acceptors (Lipinski definition) is 3. The van der Waals surface area contributed by atoms with Crippen molar-refractivity contribution in [1.29, 1.82) is 0 Å². The van der Waals surface area contributed by atoms with Gasteiger partial charge in [0.05, 0.1) is 5.69 Å². The molecule has 30 heavy (non-hydrogen) atoms. The molecule has 3 N–H and O–H groups in total. The molecule has 5 unspecified atom stereocenters. The van der Waals surface area contributed by atoms with Gasteiger partial charge in [-0.05, 0) is 98.4 Å². The molecule has 2 aromatic rings. The van der Waals surface area contributed by atoms with Crippen LogP contribution >= 0.6 is 0 Å². The summed E-state index contributed by atoms with van der Waals surface area (Å²) < 4.78 is 0. The van der Waals surface area contributed by atoms with Gasteiger partial charge in [-0.15, -0.1) is 0 Å². The summed E-state index contributed by atoms with van der Waals surface area (Å²) in [5.41, 5.74) is 8.89. The molecule has 3 aliphatic rings. The van der Waals surface area contributed by atoms with Gasteiger partial charge in [-0.3, -0.25) is 9.78 Å². The largest absolute Gasteiger partial charge is 0.366 e. The van der Waals surface area contributed by atoms with Gasteiger partial charge in [0.1, 0.15) is 0 Å². The lowest BCUT2D eigenvalue weighted by molar-refractivity contribution is 0.100. The molecule has 5 rings (SSSR count). The molecule has 1 heterocycles. The SMILES string of the molecule is NC(=O)c1cccc(-c2ccc(CNCCC3CCC4CC5CC(C4)C3C5)cn2)c1. The van der Waals surface area contributed by atoms with E-state index in [0.717, 1.165) is 53.9 Å². The fraction of sp³-hybridized carbons (Fsp3) is 0.538. The Balaban J connectivity index is 1.12. The van der Waals surface area contributed by atoms with Gasteiger partial charge in [-0.25, -0.2) is 0 Å².